The van der Waals surface area contributed by atoms with E-state index in [-0.39, 0.29) is 16.4 Å². The highest BCUT2D eigenvalue weighted by Gasteiger charge is 2.11. The highest BCUT2D eigenvalue weighted by molar-refractivity contribution is 6.34. The van der Waals surface area contributed by atoms with Gasteiger partial charge < -0.3 is 5.32 Å². The van der Waals surface area contributed by atoms with Gasteiger partial charge in [0, 0.05) is 23.2 Å². The molecule has 0 unspecified atom stereocenters. The average Bonchev–Trinajstić information content (AvgIpc) is 2.48. The van der Waals surface area contributed by atoms with Crippen molar-refractivity contribution in [2.45, 2.75) is 0 Å². The Balaban J connectivity index is 2.14. The second-order valence-corrected chi connectivity index (χ2v) is 5.08. The number of non-ortho nitro benzene ring substituents is 1. The fourth-order valence-electron chi connectivity index (χ4n) is 1.67. The number of nitro benzene ring substituents is 1. The van der Waals surface area contributed by atoms with Crippen LogP contribution in [0.15, 0.2) is 48.5 Å². The van der Waals surface area contributed by atoms with Crippen LogP contribution in [0.5, 0.6) is 0 Å². The van der Waals surface area contributed by atoms with Crippen LogP contribution in [0.4, 0.5) is 11.4 Å². The molecule has 0 aromatic heterocycles. The Morgan fingerprint density at radius 3 is 2.55 bits per heavy atom. The molecule has 0 fully saturated rings. The van der Waals surface area contributed by atoms with E-state index in [4.69, 9.17) is 23.2 Å². The second kappa shape index (κ2) is 7.06. The second-order valence-electron chi connectivity index (χ2n) is 4.27. The summed E-state index contributed by atoms with van der Waals surface area (Å²) in [5.41, 5.74) is 0.698. The van der Waals surface area contributed by atoms with Crippen molar-refractivity contribution in [3.05, 3.63) is 74.3 Å². The van der Waals surface area contributed by atoms with Gasteiger partial charge in [0.25, 0.3) is 5.69 Å². The Kier molecular flexibility index (Phi) is 5.14. The molecule has 1 amide bonds. The number of carbonyl (C=O) groups excluding carboxylic acids is 1. The minimum absolute atomic E-state index is 0.158. The van der Waals surface area contributed by atoms with E-state index in [9.17, 15) is 14.9 Å². The van der Waals surface area contributed by atoms with Gasteiger partial charge in [-0.3, -0.25) is 14.9 Å². The van der Waals surface area contributed by atoms with Crippen molar-refractivity contribution >= 4 is 46.6 Å². The molecule has 5 nitrogen and oxygen atoms in total. The number of amides is 1. The minimum Gasteiger partial charge on any atom is -0.321 e. The molecular formula is C15H10Cl2N2O3. The van der Waals surface area contributed by atoms with E-state index < -0.39 is 10.8 Å². The van der Waals surface area contributed by atoms with E-state index >= 15 is 0 Å². The molecule has 0 aliphatic rings. The molecule has 0 atom stereocenters. The van der Waals surface area contributed by atoms with Gasteiger partial charge in [0.15, 0.2) is 0 Å². The first-order valence-corrected chi connectivity index (χ1v) is 6.90. The van der Waals surface area contributed by atoms with Crippen molar-refractivity contribution in [1.82, 2.24) is 0 Å². The van der Waals surface area contributed by atoms with Gasteiger partial charge in [-0.25, -0.2) is 0 Å². The lowest BCUT2D eigenvalue weighted by molar-refractivity contribution is -0.384. The molecule has 0 bridgehead atoms. The summed E-state index contributed by atoms with van der Waals surface area (Å²) in [6.07, 6.45) is 2.82. The summed E-state index contributed by atoms with van der Waals surface area (Å²) in [6.45, 7) is 0. The molecule has 22 heavy (non-hydrogen) atoms. The molecule has 2 aromatic carbocycles. The maximum absolute atomic E-state index is 11.9. The molecule has 2 aromatic rings. The van der Waals surface area contributed by atoms with Crippen molar-refractivity contribution < 1.29 is 9.72 Å². The molecule has 0 aliphatic heterocycles. The van der Waals surface area contributed by atoms with E-state index in [1.807, 2.05) is 0 Å². The summed E-state index contributed by atoms with van der Waals surface area (Å²) in [7, 11) is 0. The smallest absolute Gasteiger partial charge is 0.271 e. The van der Waals surface area contributed by atoms with Gasteiger partial charge in [-0.15, -0.1) is 0 Å². The molecule has 0 spiro atoms. The number of hydrogen-bond donors (Lipinski definition) is 1. The normalized spacial score (nSPS) is 10.6. The van der Waals surface area contributed by atoms with Crippen LogP contribution in [-0.4, -0.2) is 10.8 Å². The van der Waals surface area contributed by atoms with Gasteiger partial charge in [0.1, 0.15) is 0 Å². The van der Waals surface area contributed by atoms with Crippen molar-refractivity contribution in [2.75, 3.05) is 5.32 Å². The van der Waals surface area contributed by atoms with E-state index in [0.717, 1.165) is 0 Å². The van der Waals surface area contributed by atoms with Crippen LogP contribution in [-0.2, 0) is 4.79 Å². The first kappa shape index (κ1) is 16.0. The Morgan fingerprint density at radius 1 is 1.14 bits per heavy atom. The monoisotopic (exact) mass is 336 g/mol. The zero-order chi connectivity index (χ0) is 16.1. The zero-order valence-electron chi connectivity index (χ0n) is 11.1. The number of nitrogens with zero attached hydrogens (tertiary/aromatic N) is 1. The van der Waals surface area contributed by atoms with Gasteiger partial charge in [-0.2, -0.15) is 0 Å². The first-order valence-electron chi connectivity index (χ1n) is 6.15. The Bertz CT molecular complexity index is 760. The van der Waals surface area contributed by atoms with Crippen molar-refractivity contribution in [3.8, 4) is 0 Å². The highest BCUT2D eigenvalue weighted by Crippen LogP contribution is 2.26. The van der Waals surface area contributed by atoms with E-state index in [0.29, 0.717) is 10.6 Å². The number of carbonyl (C=O) groups is 1. The van der Waals surface area contributed by atoms with Crippen LogP contribution >= 0.6 is 23.2 Å². The fraction of sp³-hybridized carbons (Fsp3) is 0. The van der Waals surface area contributed by atoms with Gasteiger partial charge in [0.05, 0.1) is 15.6 Å². The summed E-state index contributed by atoms with van der Waals surface area (Å²) in [6, 6.07) is 10.8. The maximum atomic E-state index is 11.9. The molecule has 0 saturated carbocycles. The zero-order valence-corrected chi connectivity index (χ0v) is 12.6. The Labute approximate surface area is 136 Å². The number of benzene rings is 2. The number of nitrogens with one attached hydrogen (secondary N) is 1. The first-order chi connectivity index (χ1) is 10.5. The number of rotatable bonds is 4. The molecular weight excluding hydrogens is 327 g/mol. The third kappa shape index (κ3) is 4.07. The highest BCUT2D eigenvalue weighted by atomic mass is 35.5. The molecule has 0 heterocycles. The number of hydrogen-bond acceptors (Lipinski definition) is 3. The fourth-order valence-corrected chi connectivity index (χ4v) is 2.04. The number of nitro groups is 1. The van der Waals surface area contributed by atoms with Gasteiger partial charge in [0.2, 0.25) is 5.91 Å². The minimum atomic E-state index is -0.564. The number of halogens is 2. The molecule has 0 aliphatic carbocycles. The predicted molar refractivity (Wildman–Crippen MR) is 87.2 cm³/mol. The third-order valence-corrected chi connectivity index (χ3v) is 3.41. The molecule has 0 saturated heterocycles. The standard InChI is InChI=1S/C15H10Cl2N2O3/c16-12-4-2-1-3-10(12)5-8-15(20)18-14-9-11(19(21)22)6-7-13(14)17/h1-9H,(H,18,20). The molecule has 112 valence electrons. The Hall–Kier alpha value is -2.37. The van der Waals surface area contributed by atoms with Crippen LogP contribution in [0.25, 0.3) is 6.08 Å². The quantitative estimate of drug-likeness (QED) is 0.505. The van der Waals surface area contributed by atoms with Crippen LogP contribution in [0.1, 0.15) is 5.56 Å². The Morgan fingerprint density at radius 2 is 1.86 bits per heavy atom. The van der Waals surface area contributed by atoms with E-state index in [2.05, 4.69) is 5.32 Å². The van der Waals surface area contributed by atoms with Crippen LogP contribution < -0.4 is 5.32 Å². The average molecular weight is 337 g/mol. The SMILES string of the molecule is O=C(C=Cc1ccccc1Cl)Nc1cc([N+](=O)[O-])ccc1Cl. The number of anilines is 1. The van der Waals surface area contributed by atoms with Crippen LogP contribution in [0.2, 0.25) is 10.0 Å². The van der Waals surface area contributed by atoms with E-state index in [1.54, 1.807) is 30.3 Å². The molecule has 1 N–H and O–H groups in total. The van der Waals surface area contributed by atoms with Gasteiger partial charge in [-0.05, 0) is 23.8 Å². The summed E-state index contributed by atoms with van der Waals surface area (Å²) in [5, 5.41) is 13.9. The molecule has 0 radical (unpaired) electrons. The maximum Gasteiger partial charge on any atom is 0.271 e. The summed E-state index contributed by atoms with van der Waals surface area (Å²) < 4.78 is 0. The third-order valence-electron chi connectivity index (χ3n) is 2.74. The van der Waals surface area contributed by atoms with Crippen molar-refractivity contribution in [2.24, 2.45) is 0 Å². The van der Waals surface area contributed by atoms with Gasteiger partial charge >= 0.3 is 0 Å². The molecule has 7 heteroatoms. The molecule has 2 rings (SSSR count). The lowest BCUT2D eigenvalue weighted by Crippen LogP contribution is -2.08. The van der Waals surface area contributed by atoms with Gasteiger partial charge in [-0.1, -0.05) is 41.4 Å². The largest absolute Gasteiger partial charge is 0.321 e. The van der Waals surface area contributed by atoms with Crippen molar-refractivity contribution in [3.63, 3.8) is 0 Å². The summed E-state index contributed by atoms with van der Waals surface area (Å²) in [5.74, 6) is -0.470. The van der Waals surface area contributed by atoms with E-state index in [1.165, 1.54) is 24.3 Å². The lowest BCUT2D eigenvalue weighted by atomic mass is 10.2. The summed E-state index contributed by atoms with van der Waals surface area (Å²) in [4.78, 5) is 22.0. The lowest BCUT2D eigenvalue weighted by Gasteiger charge is -2.04. The summed E-state index contributed by atoms with van der Waals surface area (Å²) >= 11 is 11.9. The van der Waals surface area contributed by atoms with Crippen LogP contribution in [0.3, 0.4) is 0 Å². The predicted octanol–water partition coefficient (Wildman–Crippen LogP) is 4.55. The topological polar surface area (TPSA) is 72.2 Å². The van der Waals surface area contributed by atoms with Crippen molar-refractivity contribution in [1.29, 1.82) is 0 Å². The van der Waals surface area contributed by atoms with Crippen LogP contribution in [0, 0.1) is 10.1 Å².